The highest BCUT2D eigenvalue weighted by Crippen LogP contribution is 2.23. The summed E-state index contributed by atoms with van der Waals surface area (Å²) in [5.74, 6) is -0.383. The van der Waals surface area contributed by atoms with Gasteiger partial charge in [0.25, 0.3) is 5.91 Å². The maximum absolute atomic E-state index is 12.2. The van der Waals surface area contributed by atoms with Crippen molar-refractivity contribution in [1.29, 1.82) is 0 Å². The Morgan fingerprint density at radius 1 is 1.32 bits per heavy atom. The molecule has 1 atom stereocenters. The van der Waals surface area contributed by atoms with Crippen molar-refractivity contribution < 1.29 is 13.2 Å². The Morgan fingerprint density at radius 3 is 2.37 bits per heavy atom. The Kier molecular flexibility index (Phi) is 5.24. The minimum Gasteiger partial charge on any atom is -0.338 e. The maximum atomic E-state index is 12.2. The Labute approximate surface area is 123 Å². The van der Waals surface area contributed by atoms with Crippen molar-refractivity contribution in [2.75, 3.05) is 19.1 Å². The van der Waals surface area contributed by atoms with Gasteiger partial charge in [-0.1, -0.05) is 23.2 Å². The number of carbonyl (C=O) groups is 1. The predicted molar refractivity (Wildman–Crippen MR) is 77.7 cm³/mol. The molecule has 0 fully saturated rings. The van der Waals surface area contributed by atoms with Gasteiger partial charge < -0.3 is 4.90 Å². The second kappa shape index (κ2) is 6.11. The zero-order chi connectivity index (χ0) is 14.8. The van der Waals surface area contributed by atoms with E-state index in [2.05, 4.69) is 0 Å². The van der Waals surface area contributed by atoms with Crippen LogP contribution in [0.25, 0.3) is 0 Å². The molecule has 0 radical (unpaired) electrons. The summed E-state index contributed by atoms with van der Waals surface area (Å²) in [6.07, 6.45) is 1.14. The van der Waals surface area contributed by atoms with Crippen molar-refractivity contribution in [3.05, 3.63) is 33.8 Å². The molecule has 0 bridgehead atoms. The Balaban J connectivity index is 2.90. The van der Waals surface area contributed by atoms with E-state index in [1.54, 1.807) is 20.0 Å². The molecule has 19 heavy (non-hydrogen) atoms. The van der Waals surface area contributed by atoms with Crippen LogP contribution in [-0.4, -0.2) is 44.3 Å². The molecule has 0 aromatic heterocycles. The van der Waals surface area contributed by atoms with Crippen LogP contribution in [0.2, 0.25) is 10.0 Å². The van der Waals surface area contributed by atoms with Crippen molar-refractivity contribution >= 4 is 38.9 Å². The Hall–Kier alpha value is -0.780. The monoisotopic (exact) mass is 323 g/mol. The summed E-state index contributed by atoms with van der Waals surface area (Å²) >= 11 is 11.6. The minimum absolute atomic E-state index is 0.0867. The van der Waals surface area contributed by atoms with E-state index in [4.69, 9.17) is 23.2 Å². The number of amides is 1. The summed E-state index contributed by atoms with van der Waals surface area (Å²) in [5.41, 5.74) is 0.372. The van der Waals surface area contributed by atoms with Gasteiger partial charge in [-0.15, -0.1) is 0 Å². The first-order chi connectivity index (χ1) is 8.61. The average Bonchev–Trinajstić information content (AvgIpc) is 2.28. The molecule has 0 saturated carbocycles. The summed E-state index contributed by atoms with van der Waals surface area (Å²) in [4.78, 5) is 13.5. The molecule has 0 aliphatic heterocycles. The molecule has 1 amide bonds. The quantitative estimate of drug-likeness (QED) is 0.855. The van der Waals surface area contributed by atoms with Crippen LogP contribution >= 0.6 is 23.2 Å². The lowest BCUT2D eigenvalue weighted by atomic mass is 10.2. The molecule has 0 heterocycles. The van der Waals surface area contributed by atoms with E-state index < -0.39 is 15.9 Å². The van der Waals surface area contributed by atoms with Crippen molar-refractivity contribution in [3.8, 4) is 0 Å². The number of hydrogen-bond acceptors (Lipinski definition) is 3. The summed E-state index contributed by atoms with van der Waals surface area (Å²) in [7, 11) is -1.58. The van der Waals surface area contributed by atoms with Gasteiger partial charge in [0.1, 0.15) is 9.84 Å². The van der Waals surface area contributed by atoms with Gasteiger partial charge in [-0.25, -0.2) is 8.42 Å². The SMILES string of the molecule is CC(CS(C)(=O)=O)N(C)C(=O)c1ccc(Cl)c(Cl)c1. The fourth-order valence-electron chi connectivity index (χ4n) is 1.58. The second-order valence-electron chi connectivity index (χ2n) is 4.49. The standard InChI is InChI=1S/C12H15Cl2NO3S/c1-8(7-19(3,17)18)15(2)12(16)9-4-5-10(13)11(14)6-9/h4-6,8H,7H2,1-3H3. The van der Waals surface area contributed by atoms with Gasteiger partial charge in [0, 0.05) is 24.9 Å². The highest BCUT2D eigenvalue weighted by molar-refractivity contribution is 7.90. The first kappa shape index (κ1) is 16.3. The molecule has 7 heteroatoms. The highest BCUT2D eigenvalue weighted by atomic mass is 35.5. The summed E-state index contributed by atoms with van der Waals surface area (Å²) in [6, 6.07) is 4.14. The first-order valence-corrected chi connectivity index (χ1v) is 8.33. The van der Waals surface area contributed by atoms with E-state index in [1.165, 1.54) is 17.0 Å². The third kappa shape index (κ3) is 4.67. The lowest BCUT2D eigenvalue weighted by Gasteiger charge is -2.24. The van der Waals surface area contributed by atoms with Gasteiger partial charge in [-0.2, -0.15) is 0 Å². The van der Waals surface area contributed by atoms with Gasteiger partial charge in [0.05, 0.1) is 15.8 Å². The molecule has 4 nitrogen and oxygen atoms in total. The average molecular weight is 324 g/mol. The van der Waals surface area contributed by atoms with Crippen LogP contribution in [0, 0.1) is 0 Å². The smallest absolute Gasteiger partial charge is 0.253 e. The second-order valence-corrected chi connectivity index (χ2v) is 7.49. The van der Waals surface area contributed by atoms with Crippen molar-refractivity contribution in [1.82, 2.24) is 4.90 Å². The van der Waals surface area contributed by atoms with E-state index >= 15 is 0 Å². The van der Waals surface area contributed by atoms with Crippen LogP contribution in [0.15, 0.2) is 18.2 Å². The molecular weight excluding hydrogens is 309 g/mol. The number of rotatable bonds is 4. The molecule has 1 aromatic rings. The zero-order valence-corrected chi connectivity index (χ0v) is 13.2. The third-order valence-electron chi connectivity index (χ3n) is 2.69. The van der Waals surface area contributed by atoms with E-state index in [1.807, 2.05) is 0 Å². The molecule has 0 N–H and O–H groups in total. The van der Waals surface area contributed by atoms with Gasteiger partial charge in [0.2, 0.25) is 0 Å². The maximum Gasteiger partial charge on any atom is 0.253 e. The lowest BCUT2D eigenvalue weighted by molar-refractivity contribution is 0.0757. The molecule has 1 unspecified atom stereocenters. The number of nitrogens with zero attached hydrogens (tertiary/aromatic N) is 1. The summed E-state index contributed by atoms with van der Waals surface area (Å²) in [5, 5.41) is 0.654. The molecular formula is C12H15Cl2NO3S. The molecule has 0 saturated heterocycles. The molecule has 1 rings (SSSR count). The van der Waals surface area contributed by atoms with Crippen LogP contribution < -0.4 is 0 Å². The van der Waals surface area contributed by atoms with Crippen LogP contribution in [0.4, 0.5) is 0 Å². The molecule has 0 spiro atoms. The number of carbonyl (C=O) groups excluding carboxylic acids is 1. The van der Waals surface area contributed by atoms with E-state index in [0.717, 1.165) is 6.26 Å². The van der Waals surface area contributed by atoms with E-state index in [-0.39, 0.29) is 16.7 Å². The number of sulfone groups is 1. The Bertz CT molecular complexity index is 587. The predicted octanol–water partition coefficient (Wildman–Crippen LogP) is 2.50. The van der Waals surface area contributed by atoms with Gasteiger partial charge in [-0.3, -0.25) is 4.79 Å². The zero-order valence-electron chi connectivity index (χ0n) is 10.9. The first-order valence-electron chi connectivity index (χ1n) is 5.51. The topological polar surface area (TPSA) is 54.5 Å². The van der Waals surface area contributed by atoms with E-state index in [9.17, 15) is 13.2 Å². The van der Waals surface area contributed by atoms with Crippen molar-refractivity contribution in [2.24, 2.45) is 0 Å². The number of hydrogen-bond donors (Lipinski definition) is 0. The fraction of sp³-hybridized carbons (Fsp3) is 0.417. The Morgan fingerprint density at radius 2 is 1.89 bits per heavy atom. The lowest BCUT2D eigenvalue weighted by Crippen LogP contribution is -2.39. The van der Waals surface area contributed by atoms with E-state index in [0.29, 0.717) is 10.6 Å². The van der Waals surface area contributed by atoms with Crippen LogP contribution in [0.5, 0.6) is 0 Å². The minimum atomic E-state index is -3.14. The molecule has 106 valence electrons. The third-order valence-corrected chi connectivity index (χ3v) is 4.52. The summed E-state index contributed by atoms with van der Waals surface area (Å²) < 4.78 is 22.5. The fourth-order valence-corrected chi connectivity index (χ4v) is 2.98. The van der Waals surface area contributed by atoms with Gasteiger partial charge in [0.15, 0.2) is 0 Å². The largest absolute Gasteiger partial charge is 0.338 e. The highest BCUT2D eigenvalue weighted by Gasteiger charge is 2.21. The molecule has 1 aromatic carbocycles. The number of benzene rings is 1. The number of halogens is 2. The van der Waals surface area contributed by atoms with Crippen molar-refractivity contribution in [2.45, 2.75) is 13.0 Å². The van der Waals surface area contributed by atoms with Crippen LogP contribution in [-0.2, 0) is 9.84 Å². The van der Waals surface area contributed by atoms with Crippen LogP contribution in [0.1, 0.15) is 17.3 Å². The molecule has 0 aliphatic carbocycles. The summed E-state index contributed by atoms with van der Waals surface area (Å²) in [6.45, 7) is 1.68. The molecule has 0 aliphatic rings. The normalized spacial score (nSPS) is 13.1. The van der Waals surface area contributed by atoms with Crippen molar-refractivity contribution in [3.63, 3.8) is 0 Å². The van der Waals surface area contributed by atoms with Gasteiger partial charge in [-0.05, 0) is 25.1 Å². The van der Waals surface area contributed by atoms with Crippen LogP contribution in [0.3, 0.4) is 0 Å². The van der Waals surface area contributed by atoms with Gasteiger partial charge >= 0.3 is 0 Å².